The molecule has 5 nitrogen and oxygen atoms in total. The normalized spacial score (nSPS) is 14.5. The number of piperidine rings is 1. The average Bonchev–Trinajstić information content (AvgIpc) is 2.73. The Bertz CT molecular complexity index is 919. The molecule has 0 N–H and O–H groups in total. The van der Waals surface area contributed by atoms with Crippen LogP contribution < -0.4 is 4.74 Å². The number of likely N-dealkylation sites (tertiary alicyclic amines) is 1. The monoisotopic (exact) mass is 401 g/mol. The molecule has 0 aliphatic carbocycles. The van der Waals surface area contributed by atoms with Gasteiger partial charge in [-0.25, -0.2) is 8.78 Å². The van der Waals surface area contributed by atoms with Crippen molar-refractivity contribution < 1.29 is 27.9 Å². The van der Waals surface area contributed by atoms with E-state index in [1.54, 1.807) is 29.2 Å². The van der Waals surface area contributed by atoms with E-state index in [1.165, 1.54) is 6.92 Å². The molecule has 1 aliphatic heterocycles. The molecule has 1 heterocycles. The molecule has 0 bridgehead atoms. The van der Waals surface area contributed by atoms with Gasteiger partial charge in [0.25, 0.3) is 5.91 Å². The van der Waals surface area contributed by atoms with E-state index in [0.29, 0.717) is 37.2 Å². The highest BCUT2D eigenvalue weighted by Gasteiger charge is 2.29. The molecule has 1 aliphatic rings. The van der Waals surface area contributed by atoms with Gasteiger partial charge in [0, 0.05) is 24.6 Å². The minimum absolute atomic E-state index is 0.0526. The number of hydrogen-bond donors (Lipinski definition) is 0. The highest BCUT2D eigenvalue weighted by atomic mass is 19.1. The van der Waals surface area contributed by atoms with Crippen LogP contribution in [0.2, 0.25) is 0 Å². The molecule has 1 amide bonds. The second kappa shape index (κ2) is 8.94. The maximum absolute atomic E-state index is 13.8. The molecule has 0 saturated carbocycles. The fourth-order valence-corrected chi connectivity index (χ4v) is 3.32. The van der Waals surface area contributed by atoms with E-state index in [9.17, 15) is 23.2 Å². The fraction of sp³-hybridized carbons (Fsp3) is 0.318. The van der Waals surface area contributed by atoms with Crippen LogP contribution in [0, 0.1) is 17.6 Å². The predicted molar refractivity (Wildman–Crippen MR) is 102 cm³/mol. The van der Waals surface area contributed by atoms with E-state index in [-0.39, 0.29) is 23.9 Å². The van der Waals surface area contributed by atoms with Crippen molar-refractivity contribution >= 4 is 17.5 Å². The predicted octanol–water partition coefficient (Wildman–Crippen LogP) is 3.67. The van der Waals surface area contributed by atoms with Crippen LogP contribution >= 0.6 is 0 Å². The Labute approximate surface area is 167 Å². The summed E-state index contributed by atoms with van der Waals surface area (Å²) in [5.41, 5.74) is 0.317. The van der Waals surface area contributed by atoms with Crippen molar-refractivity contribution in [2.75, 3.05) is 19.7 Å². The zero-order chi connectivity index (χ0) is 21.0. The highest BCUT2D eigenvalue weighted by molar-refractivity contribution is 5.98. The molecule has 0 unspecified atom stereocenters. The Balaban J connectivity index is 1.51. The second-order valence-corrected chi connectivity index (χ2v) is 7.01. The molecule has 152 valence electrons. The van der Waals surface area contributed by atoms with E-state index in [4.69, 9.17) is 4.74 Å². The largest absolute Gasteiger partial charge is 0.484 e. The van der Waals surface area contributed by atoms with Crippen LogP contribution in [0.3, 0.4) is 0 Å². The first kappa shape index (κ1) is 20.6. The van der Waals surface area contributed by atoms with Gasteiger partial charge >= 0.3 is 0 Å². The maximum atomic E-state index is 13.8. The molecule has 0 atom stereocenters. The van der Waals surface area contributed by atoms with Crippen molar-refractivity contribution in [3.8, 4) is 5.75 Å². The Morgan fingerprint density at radius 1 is 1.03 bits per heavy atom. The van der Waals surface area contributed by atoms with Crippen LogP contribution in [-0.4, -0.2) is 42.1 Å². The molecule has 29 heavy (non-hydrogen) atoms. The van der Waals surface area contributed by atoms with Gasteiger partial charge < -0.3 is 9.64 Å². The topological polar surface area (TPSA) is 63.7 Å². The number of ketones is 2. The zero-order valence-corrected chi connectivity index (χ0v) is 16.0. The Hall–Kier alpha value is -3.09. The number of hydrogen-bond acceptors (Lipinski definition) is 4. The van der Waals surface area contributed by atoms with Gasteiger partial charge in [0.2, 0.25) is 0 Å². The van der Waals surface area contributed by atoms with Crippen LogP contribution in [0.15, 0.2) is 42.5 Å². The van der Waals surface area contributed by atoms with Crippen molar-refractivity contribution in [1.82, 2.24) is 4.90 Å². The number of nitrogens with zero attached hydrogens (tertiary/aromatic N) is 1. The minimum Gasteiger partial charge on any atom is -0.484 e. The lowest BCUT2D eigenvalue weighted by atomic mass is 9.88. The quantitative estimate of drug-likeness (QED) is 0.693. The van der Waals surface area contributed by atoms with Crippen molar-refractivity contribution in [2.45, 2.75) is 19.8 Å². The lowest BCUT2D eigenvalue weighted by Gasteiger charge is -2.31. The average molecular weight is 401 g/mol. The number of carbonyl (C=O) groups excluding carboxylic acids is 3. The highest BCUT2D eigenvalue weighted by Crippen LogP contribution is 2.24. The van der Waals surface area contributed by atoms with Crippen molar-refractivity contribution in [1.29, 1.82) is 0 Å². The standard InChI is InChI=1S/C22H21F2NO4/c1-14(26)15-2-5-18(6-3-15)29-13-21(27)25-10-8-16(9-11-25)22(28)19-12-17(23)4-7-20(19)24/h2-7,12,16H,8-11,13H2,1H3. The van der Waals surface area contributed by atoms with Gasteiger partial charge in [-0.1, -0.05) is 0 Å². The van der Waals surface area contributed by atoms with Gasteiger partial charge in [0.15, 0.2) is 18.2 Å². The third kappa shape index (κ3) is 5.04. The Kier molecular flexibility index (Phi) is 6.36. The number of Topliss-reactive ketones (excluding diaryl/α,β-unsaturated/α-hetero) is 2. The van der Waals surface area contributed by atoms with E-state index in [0.717, 1.165) is 18.2 Å². The van der Waals surface area contributed by atoms with Crippen LogP contribution in [0.5, 0.6) is 5.75 Å². The number of halogens is 2. The van der Waals surface area contributed by atoms with Gasteiger partial charge in [-0.05, 0) is 62.2 Å². The van der Waals surface area contributed by atoms with Gasteiger partial charge in [-0.2, -0.15) is 0 Å². The number of carbonyl (C=O) groups is 3. The third-order valence-corrected chi connectivity index (χ3v) is 5.04. The molecule has 0 aromatic heterocycles. The molecule has 2 aromatic carbocycles. The molecular weight excluding hydrogens is 380 g/mol. The summed E-state index contributed by atoms with van der Waals surface area (Å²) in [6, 6.07) is 9.35. The Morgan fingerprint density at radius 3 is 2.31 bits per heavy atom. The first-order valence-corrected chi connectivity index (χ1v) is 9.36. The zero-order valence-electron chi connectivity index (χ0n) is 16.0. The first-order chi connectivity index (χ1) is 13.8. The fourth-order valence-electron chi connectivity index (χ4n) is 3.32. The molecular formula is C22H21F2NO4. The number of benzene rings is 2. The van der Waals surface area contributed by atoms with Gasteiger partial charge in [-0.15, -0.1) is 0 Å². The number of amides is 1. The van der Waals surface area contributed by atoms with Crippen LogP contribution in [0.25, 0.3) is 0 Å². The van der Waals surface area contributed by atoms with Crippen molar-refractivity contribution in [3.63, 3.8) is 0 Å². The summed E-state index contributed by atoms with van der Waals surface area (Å²) < 4.78 is 32.6. The summed E-state index contributed by atoms with van der Waals surface area (Å²) >= 11 is 0. The molecule has 3 rings (SSSR count). The molecule has 0 radical (unpaired) electrons. The number of ether oxygens (including phenoxy) is 1. The summed E-state index contributed by atoms with van der Waals surface area (Å²) in [6.07, 6.45) is 0.766. The van der Waals surface area contributed by atoms with E-state index >= 15 is 0 Å². The van der Waals surface area contributed by atoms with Gasteiger partial charge in [0.05, 0.1) is 5.56 Å². The maximum Gasteiger partial charge on any atom is 0.260 e. The summed E-state index contributed by atoms with van der Waals surface area (Å²) in [5, 5.41) is 0. The van der Waals surface area contributed by atoms with Crippen LogP contribution in [0.1, 0.15) is 40.5 Å². The van der Waals surface area contributed by atoms with E-state index in [2.05, 4.69) is 0 Å². The summed E-state index contributed by atoms with van der Waals surface area (Å²) in [6.45, 7) is 2.00. The smallest absolute Gasteiger partial charge is 0.260 e. The molecule has 1 fully saturated rings. The van der Waals surface area contributed by atoms with Crippen molar-refractivity contribution in [3.05, 3.63) is 65.2 Å². The van der Waals surface area contributed by atoms with Crippen LogP contribution in [0.4, 0.5) is 8.78 Å². The summed E-state index contributed by atoms with van der Waals surface area (Å²) in [5.74, 6) is -2.07. The Morgan fingerprint density at radius 2 is 1.69 bits per heavy atom. The van der Waals surface area contributed by atoms with Crippen LogP contribution in [-0.2, 0) is 4.79 Å². The lowest BCUT2D eigenvalue weighted by Crippen LogP contribution is -2.42. The van der Waals surface area contributed by atoms with E-state index in [1.807, 2.05) is 0 Å². The SMILES string of the molecule is CC(=O)c1ccc(OCC(=O)N2CCC(C(=O)c3cc(F)ccc3F)CC2)cc1. The molecule has 7 heteroatoms. The second-order valence-electron chi connectivity index (χ2n) is 7.01. The lowest BCUT2D eigenvalue weighted by molar-refractivity contribution is -0.134. The molecule has 1 saturated heterocycles. The van der Waals surface area contributed by atoms with Gasteiger partial charge in [-0.3, -0.25) is 14.4 Å². The van der Waals surface area contributed by atoms with E-state index < -0.39 is 23.3 Å². The minimum atomic E-state index is -0.737. The third-order valence-electron chi connectivity index (χ3n) is 5.04. The molecule has 0 spiro atoms. The summed E-state index contributed by atoms with van der Waals surface area (Å²) in [4.78, 5) is 37.7. The summed E-state index contributed by atoms with van der Waals surface area (Å²) in [7, 11) is 0. The van der Waals surface area contributed by atoms with Gasteiger partial charge in [0.1, 0.15) is 17.4 Å². The number of rotatable bonds is 6. The first-order valence-electron chi connectivity index (χ1n) is 9.36. The molecule has 2 aromatic rings. The van der Waals surface area contributed by atoms with Crippen molar-refractivity contribution in [2.24, 2.45) is 5.92 Å².